The molecule has 1 heteroatoms. The summed E-state index contributed by atoms with van der Waals surface area (Å²) in [5, 5.41) is 0. The Morgan fingerprint density at radius 2 is 1.67 bits per heavy atom. The Hall–Kier alpha value is 0.430. The molecule has 0 atom stereocenters. The molecule has 0 bridgehead atoms. The standard InChI is InChI=1S/C5H9P/c6-5-3-1-2-4-5/h5H,1-4H2/q-2. The summed E-state index contributed by atoms with van der Waals surface area (Å²) in [5.74, 6) is 0. The average Bonchev–Trinajstić information content (AvgIpc) is 1.86. The van der Waals surface area contributed by atoms with Crippen LogP contribution < -0.4 is 0 Å². The van der Waals surface area contributed by atoms with Crippen LogP contribution in [0.25, 0.3) is 0 Å². The van der Waals surface area contributed by atoms with Crippen molar-refractivity contribution in [2.45, 2.75) is 31.3 Å². The highest BCUT2D eigenvalue weighted by molar-refractivity contribution is 7.17. The highest BCUT2D eigenvalue weighted by atomic mass is 31.0. The third kappa shape index (κ3) is 0.944. The molecule has 0 radical (unpaired) electrons. The second-order valence-corrected chi connectivity index (χ2v) is 2.67. The number of rotatable bonds is 0. The van der Waals surface area contributed by atoms with Crippen LogP contribution in [0.15, 0.2) is 0 Å². The zero-order valence-corrected chi connectivity index (χ0v) is 4.75. The molecule has 0 unspecified atom stereocenters. The largest absolute Gasteiger partial charge is 1.49 e. The van der Waals surface area contributed by atoms with E-state index in [4.69, 9.17) is 0 Å². The molecular formula is C5H9P-2. The zero-order chi connectivity index (χ0) is 4.41. The van der Waals surface area contributed by atoms with Gasteiger partial charge in [-0.15, -0.1) is 12.8 Å². The summed E-state index contributed by atoms with van der Waals surface area (Å²) < 4.78 is 0. The maximum atomic E-state index is 4.29. The summed E-state index contributed by atoms with van der Waals surface area (Å²) in [6, 6.07) is 0. The van der Waals surface area contributed by atoms with Crippen molar-refractivity contribution in [2.75, 3.05) is 0 Å². The fourth-order valence-corrected chi connectivity index (χ4v) is 1.27. The Morgan fingerprint density at radius 3 is 1.83 bits per heavy atom. The molecule has 0 N–H and O–H groups in total. The Bertz CT molecular complexity index is 37.2. The van der Waals surface area contributed by atoms with Crippen molar-refractivity contribution in [3.63, 3.8) is 0 Å². The topological polar surface area (TPSA) is 0 Å². The molecule has 0 heterocycles. The summed E-state index contributed by atoms with van der Waals surface area (Å²) in [7, 11) is 4.29. The Labute approximate surface area is 41.5 Å². The van der Waals surface area contributed by atoms with Gasteiger partial charge in [0.15, 0.2) is 0 Å². The fraction of sp³-hybridized carbons (Fsp3) is 1.00. The van der Waals surface area contributed by atoms with E-state index in [0.717, 1.165) is 5.66 Å². The van der Waals surface area contributed by atoms with Crippen LogP contribution in [0.3, 0.4) is 0 Å². The van der Waals surface area contributed by atoms with E-state index in [1.807, 2.05) is 0 Å². The summed E-state index contributed by atoms with van der Waals surface area (Å²) in [6.45, 7) is 0. The maximum Gasteiger partial charge on any atom is -0.0574 e. The quantitative estimate of drug-likeness (QED) is 0.410. The van der Waals surface area contributed by atoms with Gasteiger partial charge in [0.05, 0.1) is 0 Å². The highest BCUT2D eigenvalue weighted by Gasteiger charge is 1.93. The number of hydrogen-bond acceptors (Lipinski definition) is 0. The second kappa shape index (κ2) is 1.93. The molecule has 0 spiro atoms. The van der Waals surface area contributed by atoms with Crippen molar-refractivity contribution in [1.82, 2.24) is 0 Å². The SMILES string of the molecule is [P-2]C1CCCC1. The van der Waals surface area contributed by atoms with Crippen LogP contribution in [0.1, 0.15) is 25.7 Å². The van der Waals surface area contributed by atoms with Crippen LogP contribution in [0, 0.1) is 0 Å². The van der Waals surface area contributed by atoms with E-state index >= 15 is 0 Å². The van der Waals surface area contributed by atoms with Gasteiger partial charge in [-0.1, -0.05) is 12.8 Å². The molecule has 6 heavy (non-hydrogen) atoms. The molecule has 0 aromatic heterocycles. The van der Waals surface area contributed by atoms with Gasteiger partial charge in [0.25, 0.3) is 0 Å². The van der Waals surface area contributed by atoms with E-state index in [1.165, 1.54) is 25.7 Å². The van der Waals surface area contributed by atoms with E-state index in [0.29, 0.717) is 0 Å². The summed E-state index contributed by atoms with van der Waals surface area (Å²) in [6.07, 6.45) is 5.52. The van der Waals surface area contributed by atoms with Gasteiger partial charge in [-0.2, -0.15) is 0 Å². The minimum absolute atomic E-state index is 0.741. The van der Waals surface area contributed by atoms with E-state index in [2.05, 4.69) is 9.24 Å². The molecule has 0 nitrogen and oxygen atoms in total. The van der Waals surface area contributed by atoms with Crippen molar-refractivity contribution in [3.05, 3.63) is 0 Å². The van der Waals surface area contributed by atoms with Gasteiger partial charge < -0.3 is 14.9 Å². The molecule has 0 amide bonds. The Morgan fingerprint density at radius 1 is 1.17 bits per heavy atom. The lowest BCUT2D eigenvalue weighted by molar-refractivity contribution is 0.886. The molecule has 0 aromatic carbocycles. The first-order chi connectivity index (χ1) is 2.89. The van der Waals surface area contributed by atoms with Crippen molar-refractivity contribution < 1.29 is 0 Å². The average molecular weight is 100 g/mol. The first-order valence-electron chi connectivity index (χ1n) is 2.57. The molecule has 0 aliphatic heterocycles. The normalized spacial score (nSPS) is 25.5. The molecule has 36 valence electrons. The van der Waals surface area contributed by atoms with Gasteiger partial charge in [0, 0.05) is 0 Å². The predicted molar refractivity (Wildman–Crippen MR) is 29.2 cm³/mol. The van der Waals surface area contributed by atoms with E-state index in [-0.39, 0.29) is 0 Å². The van der Waals surface area contributed by atoms with Gasteiger partial charge >= 0.3 is 0 Å². The summed E-state index contributed by atoms with van der Waals surface area (Å²) >= 11 is 0. The van der Waals surface area contributed by atoms with E-state index in [1.54, 1.807) is 0 Å². The fourth-order valence-electron chi connectivity index (χ4n) is 0.904. The van der Waals surface area contributed by atoms with Crippen LogP contribution in [0.4, 0.5) is 0 Å². The van der Waals surface area contributed by atoms with Crippen LogP contribution in [-0.2, 0) is 0 Å². The van der Waals surface area contributed by atoms with Crippen LogP contribution in [0.2, 0.25) is 0 Å². The van der Waals surface area contributed by atoms with E-state index < -0.39 is 0 Å². The summed E-state index contributed by atoms with van der Waals surface area (Å²) in [5.41, 5.74) is 0.741. The minimum atomic E-state index is 0.741. The zero-order valence-electron chi connectivity index (χ0n) is 3.85. The molecule has 0 aromatic rings. The third-order valence-electron chi connectivity index (χ3n) is 1.32. The second-order valence-electron chi connectivity index (χ2n) is 1.94. The third-order valence-corrected chi connectivity index (χ3v) is 1.84. The lowest BCUT2D eigenvalue weighted by atomic mass is 10.4. The predicted octanol–water partition coefficient (Wildman–Crippen LogP) is 2.34. The van der Waals surface area contributed by atoms with Gasteiger partial charge in [-0.05, 0) is 0 Å². The monoisotopic (exact) mass is 100 g/mol. The van der Waals surface area contributed by atoms with Crippen molar-refractivity contribution in [3.8, 4) is 0 Å². The first-order valence-corrected chi connectivity index (χ1v) is 3.09. The van der Waals surface area contributed by atoms with Gasteiger partial charge in [-0.3, -0.25) is 0 Å². The summed E-state index contributed by atoms with van der Waals surface area (Å²) in [4.78, 5) is 0. The molecule has 0 saturated heterocycles. The van der Waals surface area contributed by atoms with Gasteiger partial charge in [0.2, 0.25) is 0 Å². The van der Waals surface area contributed by atoms with Crippen molar-refractivity contribution in [1.29, 1.82) is 0 Å². The van der Waals surface area contributed by atoms with Gasteiger partial charge in [-0.25, -0.2) is 0 Å². The van der Waals surface area contributed by atoms with Crippen LogP contribution in [0.5, 0.6) is 0 Å². The van der Waals surface area contributed by atoms with Gasteiger partial charge in [0.1, 0.15) is 0 Å². The van der Waals surface area contributed by atoms with Crippen LogP contribution >= 0.6 is 9.24 Å². The maximum absolute atomic E-state index is 4.29. The smallest absolute Gasteiger partial charge is 0.0574 e. The van der Waals surface area contributed by atoms with Crippen molar-refractivity contribution >= 4 is 9.24 Å². The Balaban J connectivity index is 2.18. The lowest BCUT2D eigenvalue weighted by Crippen LogP contribution is -1.81. The highest BCUT2D eigenvalue weighted by Crippen LogP contribution is 2.24. The molecule has 1 rings (SSSR count). The lowest BCUT2D eigenvalue weighted by Gasteiger charge is -2.42. The molecular weight excluding hydrogens is 91.0 g/mol. The molecule has 1 saturated carbocycles. The Kier molecular flexibility index (Phi) is 1.48. The minimum Gasteiger partial charge on any atom is -1.49 e. The van der Waals surface area contributed by atoms with Crippen molar-refractivity contribution in [2.24, 2.45) is 0 Å². The first kappa shape index (κ1) is 4.59. The van der Waals surface area contributed by atoms with Crippen LogP contribution in [-0.4, -0.2) is 5.66 Å². The van der Waals surface area contributed by atoms with E-state index in [9.17, 15) is 0 Å². The molecule has 1 aliphatic rings. The number of hydrogen-bond donors (Lipinski definition) is 0. The molecule has 1 fully saturated rings. The molecule has 1 aliphatic carbocycles.